The third-order valence-corrected chi connectivity index (χ3v) is 14.9. The molecule has 0 saturated carbocycles. The van der Waals surface area contributed by atoms with Crippen LogP contribution in [0.4, 0.5) is 17.1 Å². The molecule has 1 nitrogen and oxygen atoms in total. The molecule has 12 aromatic rings. The van der Waals surface area contributed by atoms with Crippen molar-refractivity contribution in [3.05, 3.63) is 282 Å². The van der Waals surface area contributed by atoms with Crippen LogP contribution in [0.3, 0.4) is 0 Å². The summed E-state index contributed by atoms with van der Waals surface area (Å²) >= 11 is 0. The van der Waals surface area contributed by atoms with Crippen molar-refractivity contribution in [1.82, 2.24) is 0 Å². The minimum atomic E-state index is -0.529. The highest BCUT2D eigenvalue weighted by Gasteiger charge is 2.50. The topological polar surface area (TPSA) is 3.24 Å². The summed E-state index contributed by atoms with van der Waals surface area (Å²) in [5, 5.41) is 9.99. The Hall–Kier alpha value is -8.52. The summed E-state index contributed by atoms with van der Waals surface area (Å²) in [5.41, 5.74) is 18.5. The maximum Gasteiger partial charge on any atom is 0.0725 e. The molecule has 67 heavy (non-hydrogen) atoms. The van der Waals surface area contributed by atoms with Crippen molar-refractivity contribution in [3.8, 4) is 33.4 Å². The molecular weight excluding hydrogens is 807 g/mol. The largest absolute Gasteiger partial charge is 0.310 e. The van der Waals surface area contributed by atoms with Crippen LogP contribution in [0.25, 0.3) is 76.5 Å². The molecule has 1 heteroatoms. The van der Waals surface area contributed by atoms with Gasteiger partial charge in [-0.2, -0.15) is 0 Å². The van der Waals surface area contributed by atoms with Gasteiger partial charge in [0.15, 0.2) is 0 Å². The van der Waals surface area contributed by atoms with Gasteiger partial charge in [0.2, 0.25) is 0 Å². The van der Waals surface area contributed by atoms with E-state index in [2.05, 4.69) is 254 Å². The lowest BCUT2D eigenvalue weighted by Crippen LogP contribution is -2.39. The van der Waals surface area contributed by atoms with E-state index < -0.39 is 5.41 Å². The van der Waals surface area contributed by atoms with Crippen molar-refractivity contribution in [2.75, 3.05) is 4.90 Å². The highest BCUT2D eigenvalue weighted by atomic mass is 15.1. The van der Waals surface area contributed by atoms with Crippen LogP contribution in [-0.4, -0.2) is 0 Å². The summed E-state index contributed by atoms with van der Waals surface area (Å²) in [6, 6.07) is 93.2. The van der Waals surface area contributed by atoms with Gasteiger partial charge < -0.3 is 4.90 Å². The summed E-state index contributed by atoms with van der Waals surface area (Å²) < 4.78 is 0. The van der Waals surface area contributed by atoms with Crippen LogP contribution in [0.5, 0.6) is 0 Å². The van der Waals surface area contributed by atoms with Crippen molar-refractivity contribution in [2.24, 2.45) is 0 Å². The van der Waals surface area contributed by atoms with Gasteiger partial charge in [-0.05, 0) is 141 Å². The third-order valence-electron chi connectivity index (χ3n) is 14.9. The number of rotatable bonds is 4. The highest BCUT2D eigenvalue weighted by molar-refractivity contribution is 6.13. The third kappa shape index (κ3) is 5.55. The molecule has 12 aromatic carbocycles. The first-order valence-corrected chi connectivity index (χ1v) is 23.5. The summed E-state index contributed by atoms with van der Waals surface area (Å²) in [6.07, 6.45) is 0.861. The number of benzene rings is 12. The molecule has 312 valence electrons. The molecule has 0 bridgehead atoms. The smallest absolute Gasteiger partial charge is 0.0725 e. The molecule has 0 heterocycles. The van der Waals surface area contributed by atoms with Crippen molar-refractivity contribution in [2.45, 2.75) is 11.8 Å². The minimum absolute atomic E-state index is 0.529. The van der Waals surface area contributed by atoms with E-state index in [1.54, 1.807) is 0 Å². The van der Waals surface area contributed by atoms with Gasteiger partial charge in [-0.25, -0.2) is 0 Å². The number of nitrogens with zero attached hydrogens (tertiary/aromatic N) is 1. The Bertz CT molecular complexity index is 3870. The van der Waals surface area contributed by atoms with Crippen molar-refractivity contribution >= 4 is 60.2 Å². The van der Waals surface area contributed by atoms with Crippen LogP contribution in [-0.2, 0) is 11.8 Å². The average molecular weight is 850 g/mol. The number of hydrogen-bond donors (Lipinski definition) is 0. The SMILES string of the molecule is c1ccc(-c2cccc3ccc(N(c4ccc5ccc6ccccc6c5c4)c4ccc5c6c(cccc46)C54c5ccccc5-c5ccccc5Cc5ccccc5-c5ccccc54)cc23)cc1. The van der Waals surface area contributed by atoms with Gasteiger partial charge in [-0.1, -0.05) is 218 Å². The fourth-order valence-corrected chi connectivity index (χ4v) is 12.0. The van der Waals surface area contributed by atoms with E-state index in [1.165, 1.54) is 110 Å². The Labute approximate surface area is 390 Å². The fraction of sp³-hybridized carbons (Fsp3) is 0.0303. The first-order chi connectivity index (χ1) is 33.2. The van der Waals surface area contributed by atoms with Crippen LogP contribution in [0.1, 0.15) is 33.4 Å². The monoisotopic (exact) mass is 849 g/mol. The van der Waals surface area contributed by atoms with E-state index in [0.717, 1.165) is 23.5 Å². The number of fused-ring (bicyclic) bond motifs is 14. The van der Waals surface area contributed by atoms with E-state index in [0.29, 0.717) is 0 Å². The normalized spacial score (nSPS) is 13.1. The lowest BCUT2D eigenvalue weighted by Gasteiger charge is -2.48. The van der Waals surface area contributed by atoms with E-state index >= 15 is 0 Å². The standard InChI is InChI=1S/C66H43N/c1-2-16-43(17-3-1)52-27-14-21-45-34-36-49(41-58(45)52)67(50-37-35-46-33-32-44-18-4-7-22-51(44)59(46)42-50)64-39-38-63-65-57(64)28-15-31-62(65)66(63)60-29-12-10-25-55(60)53-23-8-5-19-47(53)40-48-20-6-9-24-54(48)56-26-11-13-30-61(56)66/h1-39,41-42H,40H2. The molecule has 0 radical (unpaired) electrons. The Morgan fingerprint density at radius 3 is 1.49 bits per heavy atom. The zero-order valence-corrected chi connectivity index (χ0v) is 36.8. The van der Waals surface area contributed by atoms with Crippen LogP contribution in [0, 0.1) is 0 Å². The van der Waals surface area contributed by atoms with Gasteiger partial charge in [0.1, 0.15) is 0 Å². The van der Waals surface area contributed by atoms with E-state index in [1.807, 2.05) is 0 Å². The quantitative estimate of drug-likeness (QED) is 0.160. The van der Waals surface area contributed by atoms with Crippen molar-refractivity contribution < 1.29 is 0 Å². The predicted octanol–water partition coefficient (Wildman–Crippen LogP) is 17.4. The van der Waals surface area contributed by atoms with E-state index in [9.17, 15) is 0 Å². The molecule has 0 aliphatic heterocycles. The highest BCUT2D eigenvalue weighted by Crippen LogP contribution is 2.62. The molecule has 0 atom stereocenters. The molecule has 0 saturated heterocycles. The summed E-state index contributed by atoms with van der Waals surface area (Å²) in [4.78, 5) is 2.51. The second kappa shape index (κ2) is 14.8. The predicted molar refractivity (Wildman–Crippen MR) is 282 cm³/mol. The molecule has 0 unspecified atom stereocenters. The zero-order chi connectivity index (χ0) is 44.1. The second-order valence-electron chi connectivity index (χ2n) is 18.3. The molecule has 2 aliphatic rings. The van der Waals surface area contributed by atoms with E-state index in [-0.39, 0.29) is 0 Å². The van der Waals surface area contributed by atoms with Crippen molar-refractivity contribution in [3.63, 3.8) is 0 Å². The van der Waals surface area contributed by atoms with E-state index in [4.69, 9.17) is 0 Å². The van der Waals surface area contributed by atoms with Gasteiger partial charge in [0.05, 0.1) is 11.1 Å². The van der Waals surface area contributed by atoms with Crippen LogP contribution in [0.15, 0.2) is 249 Å². The van der Waals surface area contributed by atoms with Crippen LogP contribution < -0.4 is 4.90 Å². The molecule has 0 aromatic heterocycles. The molecule has 2 aliphatic carbocycles. The van der Waals surface area contributed by atoms with Gasteiger partial charge in [-0.3, -0.25) is 0 Å². The van der Waals surface area contributed by atoms with Crippen LogP contribution in [0.2, 0.25) is 0 Å². The molecule has 1 spiro atoms. The number of anilines is 3. The Kier molecular flexibility index (Phi) is 8.33. The second-order valence-corrected chi connectivity index (χ2v) is 18.3. The maximum absolute atomic E-state index is 2.51. The van der Waals surface area contributed by atoms with Gasteiger partial charge in [0, 0.05) is 16.8 Å². The summed E-state index contributed by atoms with van der Waals surface area (Å²) in [7, 11) is 0. The minimum Gasteiger partial charge on any atom is -0.310 e. The molecule has 0 amide bonds. The molecule has 0 N–H and O–H groups in total. The van der Waals surface area contributed by atoms with Gasteiger partial charge in [-0.15, -0.1) is 0 Å². The molecule has 0 fully saturated rings. The maximum atomic E-state index is 2.51. The van der Waals surface area contributed by atoms with Crippen LogP contribution >= 0.6 is 0 Å². The number of hydrogen-bond acceptors (Lipinski definition) is 1. The first kappa shape index (κ1) is 37.8. The Morgan fingerprint density at radius 1 is 0.299 bits per heavy atom. The van der Waals surface area contributed by atoms with Gasteiger partial charge in [0.25, 0.3) is 0 Å². The molecule has 14 rings (SSSR count). The summed E-state index contributed by atoms with van der Waals surface area (Å²) in [6.45, 7) is 0. The first-order valence-electron chi connectivity index (χ1n) is 23.5. The lowest BCUT2D eigenvalue weighted by molar-refractivity contribution is 0.726. The Balaban J connectivity index is 1.05. The summed E-state index contributed by atoms with van der Waals surface area (Å²) in [5.74, 6) is 0. The van der Waals surface area contributed by atoms with Crippen molar-refractivity contribution in [1.29, 1.82) is 0 Å². The fourth-order valence-electron chi connectivity index (χ4n) is 12.0. The zero-order valence-electron chi connectivity index (χ0n) is 36.8. The molecular formula is C66H43N. The lowest BCUT2D eigenvalue weighted by atomic mass is 9.53. The van der Waals surface area contributed by atoms with Gasteiger partial charge >= 0.3 is 0 Å². The Morgan fingerprint density at radius 2 is 0.776 bits per heavy atom. The average Bonchev–Trinajstić information content (AvgIpc) is 3.39.